The van der Waals surface area contributed by atoms with Crippen molar-refractivity contribution in [3.05, 3.63) is 12.7 Å². The lowest BCUT2D eigenvalue weighted by Gasteiger charge is -2.17. The molecular formula is C11H23N3O. The average Bonchev–Trinajstić information content (AvgIpc) is 2.15. The summed E-state index contributed by atoms with van der Waals surface area (Å²) in [6.07, 6.45) is 3.17. The van der Waals surface area contributed by atoms with E-state index < -0.39 is 0 Å². The van der Waals surface area contributed by atoms with Crippen LogP contribution in [0.5, 0.6) is 0 Å². The Labute approximate surface area is 92.3 Å². The quantitative estimate of drug-likeness (QED) is 0.404. The number of carbonyl (C=O) groups excluding carboxylic acids is 1. The molecule has 1 atom stereocenters. The Balaban J connectivity index is 3.76. The second-order valence-electron chi connectivity index (χ2n) is 3.89. The van der Waals surface area contributed by atoms with Crippen LogP contribution in [0.4, 0.5) is 0 Å². The maximum Gasteiger partial charge on any atom is 0.221 e. The first kappa shape index (κ1) is 14.1. The molecule has 0 heterocycles. The lowest BCUT2D eigenvalue weighted by Crippen LogP contribution is -2.42. The SMILES string of the molecule is C=CCCNC(CN)CC(=O)NC(C)C. The zero-order valence-electron chi connectivity index (χ0n) is 9.75. The van der Waals surface area contributed by atoms with Crippen LogP contribution < -0.4 is 16.4 Å². The molecule has 0 bridgehead atoms. The zero-order chi connectivity index (χ0) is 11.7. The molecule has 0 aromatic heterocycles. The molecule has 15 heavy (non-hydrogen) atoms. The maximum atomic E-state index is 11.4. The van der Waals surface area contributed by atoms with E-state index in [-0.39, 0.29) is 18.0 Å². The summed E-state index contributed by atoms with van der Waals surface area (Å²) < 4.78 is 0. The van der Waals surface area contributed by atoms with Gasteiger partial charge in [0, 0.05) is 25.0 Å². The molecule has 0 rings (SSSR count). The predicted molar refractivity (Wildman–Crippen MR) is 63.6 cm³/mol. The molecule has 0 saturated heterocycles. The molecule has 4 N–H and O–H groups in total. The van der Waals surface area contributed by atoms with Crippen molar-refractivity contribution >= 4 is 5.91 Å². The van der Waals surface area contributed by atoms with Crippen molar-refractivity contribution in [2.24, 2.45) is 5.73 Å². The van der Waals surface area contributed by atoms with E-state index in [9.17, 15) is 4.79 Å². The first-order chi connectivity index (χ1) is 7.10. The number of carbonyl (C=O) groups is 1. The Bertz CT molecular complexity index is 192. The van der Waals surface area contributed by atoms with Crippen molar-refractivity contribution < 1.29 is 4.79 Å². The number of hydrogen-bond donors (Lipinski definition) is 3. The Hall–Kier alpha value is -0.870. The van der Waals surface area contributed by atoms with Crippen LogP contribution in [0.15, 0.2) is 12.7 Å². The van der Waals surface area contributed by atoms with Crippen molar-refractivity contribution in [2.75, 3.05) is 13.1 Å². The molecular weight excluding hydrogens is 190 g/mol. The first-order valence-corrected chi connectivity index (χ1v) is 5.43. The summed E-state index contributed by atoms with van der Waals surface area (Å²) >= 11 is 0. The molecule has 0 fully saturated rings. The molecule has 4 heteroatoms. The third-order valence-electron chi connectivity index (χ3n) is 1.95. The number of nitrogens with one attached hydrogen (secondary N) is 2. The standard InChI is InChI=1S/C11H23N3O/c1-4-5-6-13-10(8-12)7-11(15)14-9(2)3/h4,9-10,13H,1,5-8,12H2,2-3H3,(H,14,15). The van der Waals surface area contributed by atoms with Gasteiger partial charge in [0.05, 0.1) is 0 Å². The van der Waals surface area contributed by atoms with E-state index in [0.717, 1.165) is 13.0 Å². The van der Waals surface area contributed by atoms with Gasteiger partial charge in [-0.15, -0.1) is 6.58 Å². The molecule has 0 aliphatic rings. The van der Waals surface area contributed by atoms with E-state index >= 15 is 0 Å². The summed E-state index contributed by atoms with van der Waals surface area (Å²) in [6.45, 7) is 8.82. The molecule has 1 unspecified atom stereocenters. The summed E-state index contributed by atoms with van der Waals surface area (Å²) in [6, 6.07) is 0.243. The monoisotopic (exact) mass is 213 g/mol. The second-order valence-corrected chi connectivity index (χ2v) is 3.89. The third-order valence-corrected chi connectivity index (χ3v) is 1.95. The van der Waals surface area contributed by atoms with Gasteiger partial charge in [-0.2, -0.15) is 0 Å². The second kappa shape index (κ2) is 8.44. The molecule has 0 spiro atoms. The van der Waals surface area contributed by atoms with E-state index in [4.69, 9.17) is 5.73 Å². The van der Waals surface area contributed by atoms with Gasteiger partial charge >= 0.3 is 0 Å². The number of amides is 1. The topological polar surface area (TPSA) is 67.1 Å². The van der Waals surface area contributed by atoms with Gasteiger partial charge in [0.2, 0.25) is 5.91 Å². The van der Waals surface area contributed by atoms with E-state index in [1.165, 1.54) is 0 Å². The fraction of sp³-hybridized carbons (Fsp3) is 0.727. The van der Waals surface area contributed by atoms with Crippen LogP contribution in [0, 0.1) is 0 Å². The van der Waals surface area contributed by atoms with E-state index in [1.54, 1.807) is 0 Å². The molecule has 0 aliphatic heterocycles. The average molecular weight is 213 g/mol. The Morgan fingerprint density at radius 3 is 2.67 bits per heavy atom. The van der Waals surface area contributed by atoms with Crippen LogP contribution in [0.25, 0.3) is 0 Å². The van der Waals surface area contributed by atoms with Gasteiger partial charge in [0.1, 0.15) is 0 Å². The first-order valence-electron chi connectivity index (χ1n) is 5.43. The van der Waals surface area contributed by atoms with Crippen LogP contribution in [0.1, 0.15) is 26.7 Å². The minimum absolute atomic E-state index is 0.0477. The van der Waals surface area contributed by atoms with Crippen LogP contribution in [-0.2, 0) is 4.79 Å². The minimum Gasteiger partial charge on any atom is -0.354 e. The Morgan fingerprint density at radius 2 is 2.20 bits per heavy atom. The van der Waals surface area contributed by atoms with Crippen molar-refractivity contribution in [2.45, 2.75) is 38.8 Å². The van der Waals surface area contributed by atoms with Gasteiger partial charge in [-0.1, -0.05) is 6.08 Å². The van der Waals surface area contributed by atoms with Crippen molar-refractivity contribution in [3.8, 4) is 0 Å². The van der Waals surface area contributed by atoms with E-state index in [0.29, 0.717) is 13.0 Å². The minimum atomic E-state index is 0.0477. The predicted octanol–water partition coefficient (Wildman–Crippen LogP) is 0.394. The van der Waals surface area contributed by atoms with Gasteiger partial charge in [-0.25, -0.2) is 0 Å². The largest absolute Gasteiger partial charge is 0.354 e. The van der Waals surface area contributed by atoms with E-state index in [1.807, 2.05) is 19.9 Å². The fourth-order valence-corrected chi connectivity index (χ4v) is 1.23. The van der Waals surface area contributed by atoms with Gasteiger partial charge in [0.25, 0.3) is 0 Å². The summed E-state index contributed by atoms with van der Waals surface area (Å²) in [7, 11) is 0. The molecule has 0 radical (unpaired) electrons. The number of rotatable bonds is 8. The summed E-state index contributed by atoms with van der Waals surface area (Å²) in [5.74, 6) is 0.0477. The van der Waals surface area contributed by atoms with Crippen LogP contribution in [0.2, 0.25) is 0 Å². The van der Waals surface area contributed by atoms with Gasteiger partial charge in [-0.05, 0) is 26.8 Å². The highest BCUT2D eigenvalue weighted by Crippen LogP contribution is 1.92. The molecule has 0 aliphatic carbocycles. The zero-order valence-corrected chi connectivity index (χ0v) is 9.75. The van der Waals surface area contributed by atoms with Crippen LogP contribution in [-0.4, -0.2) is 31.1 Å². The summed E-state index contributed by atoms with van der Waals surface area (Å²) in [4.78, 5) is 11.4. The Kier molecular flexibility index (Phi) is 7.95. The number of nitrogens with two attached hydrogens (primary N) is 1. The van der Waals surface area contributed by atoms with Crippen LogP contribution >= 0.6 is 0 Å². The van der Waals surface area contributed by atoms with Gasteiger partial charge in [-0.3, -0.25) is 4.79 Å². The highest BCUT2D eigenvalue weighted by molar-refractivity contribution is 5.76. The molecule has 1 amide bonds. The summed E-state index contributed by atoms with van der Waals surface area (Å²) in [5.41, 5.74) is 5.57. The highest BCUT2D eigenvalue weighted by Gasteiger charge is 2.11. The third kappa shape index (κ3) is 8.15. The maximum absolute atomic E-state index is 11.4. The smallest absolute Gasteiger partial charge is 0.221 e. The lowest BCUT2D eigenvalue weighted by molar-refractivity contribution is -0.122. The molecule has 0 aromatic rings. The Morgan fingerprint density at radius 1 is 1.53 bits per heavy atom. The normalized spacial score (nSPS) is 12.5. The lowest BCUT2D eigenvalue weighted by atomic mass is 10.2. The molecule has 88 valence electrons. The van der Waals surface area contributed by atoms with Crippen LogP contribution in [0.3, 0.4) is 0 Å². The van der Waals surface area contributed by atoms with Crippen molar-refractivity contribution in [3.63, 3.8) is 0 Å². The van der Waals surface area contributed by atoms with Gasteiger partial charge < -0.3 is 16.4 Å². The van der Waals surface area contributed by atoms with Crippen molar-refractivity contribution in [1.82, 2.24) is 10.6 Å². The van der Waals surface area contributed by atoms with Crippen molar-refractivity contribution in [1.29, 1.82) is 0 Å². The van der Waals surface area contributed by atoms with E-state index in [2.05, 4.69) is 17.2 Å². The molecule has 4 nitrogen and oxygen atoms in total. The summed E-state index contributed by atoms with van der Waals surface area (Å²) in [5, 5.41) is 6.06. The molecule has 0 saturated carbocycles. The highest BCUT2D eigenvalue weighted by atomic mass is 16.1. The molecule has 0 aromatic carbocycles. The van der Waals surface area contributed by atoms with Gasteiger partial charge in [0.15, 0.2) is 0 Å². The fourth-order valence-electron chi connectivity index (χ4n) is 1.23. The number of hydrogen-bond acceptors (Lipinski definition) is 3.